The van der Waals surface area contributed by atoms with Gasteiger partial charge in [-0.15, -0.1) is 0 Å². The smallest absolute Gasteiger partial charge is 0.198 e. The molecule has 0 radical (unpaired) electrons. The Labute approximate surface area is 131 Å². The van der Waals surface area contributed by atoms with Crippen LogP contribution in [0.3, 0.4) is 0 Å². The molecule has 1 nitrogen and oxygen atoms in total. The Kier molecular flexibility index (Phi) is 3.46. The minimum Gasteiger partial charge on any atom is -0.198 e. The van der Waals surface area contributed by atoms with E-state index in [1.807, 2.05) is 24.3 Å². The molecule has 21 heavy (non-hydrogen) atoms. The van der Waals surface area contributed by atoms with Gasteiger partial charge in [-0.1, -0.05) is 48.0 Å². The first-order chi connectivity index (χ1) is 10.0. The van der Waals surface area contributed by atoms with Gasteiger partial charge in [-0.3, -0.25) is 0 Å². The largest absolute Gasteiger partial charge is 0.209 e. The molecule has 0 aliphatic carbocycles. The van der Waals surface area contributed by atoms with Gasteiger partial charge in [-0.05, 0) is 31.6 Å². The Balaban J connectivity index is 2.04. The van der Waals surface area contributed by atoms with Crippen molar-refractivity contribution in [1.82, 2.24) is 0 Å². The predicted molar refractivity (Wildman–Crippen MR) is 90.8 cm³/mol. The van der Waals surface area contributed by atoms with Gasteiger partial charge >= 0.3 is 0 Å². The SMILES string of the molecule is C[N+]1=C(/C=C/c2ccccc2Cl)C(C)(C)c2ccccc21. The number of rotatable bonds is 2. The number of allylic oxidation sites excluding steroid dienone is 1. The van der Waals surface area contributed by atoms with Crippen LogP contribution < -0.4 is 0 Å². The maximum atomic E-state index is 6.23. The maximum Gasteiger partial charge on any atom is 0.209 e. The molecule has 2 heteroatoms. The fourth-order valence-electron chi connectivity index (χ4n) is 3.08. The summed E-state index contributed by atoms with van der Waals surface area (Å²) in [5.41, 5.74) is 4.98. The number of benzene rings is 2. The summed E-state index contributed by atoms with van der Waals surface area (Å²) in [7, 11) is 2.12. The molecule has 0 aromatic heterocycles. The van der Waals surface area contributed by atoms with Crippen LogP contribution in [-0.2, 0) is 5.41 Å². The van der Waals surface area contributed by atoms with E-state index in [1.54, 1.807) is 0 Å². The fourth-order valence-corrected chi connectivity index (χ4v) is 3.28. The minimum atomic E-state index is 0.00308. The molecule has 106 valence electrons. The van der Waals surface area contributed by atoms with E-state index >= 15 is 0 Å². The molecule has 0 amide bonds. The van der Waals surface area contributed by atoms with Gasteiger partial charge in [0.25, 0.3) is 0 Å². The summed E-state index contributed by atoms with van der Waals surface area (Å²) in [6.45, 7) is 4.53. The lowest BCUT2D eigenvalue weighted by molar-refractivity contribution is -0.401. The molecule has 0 atom stereocenters. The van der Waals surface area contributed by atoms with Gasteiger partial charge in [0.2, 0.25) is 5.69 Å². The monoisotopic (exact) mass is 296 g/mol. The molecule has 0 saturated carbocycles. The van der Waals surface area contributed by atoms with Crippen molar-refractivity contribution in [2.45, 2.75) is 19.3 Å². The molecule has 0 fully saturated rings. The third-order valence-corrected chi connectivity index (χ3v) is 4.61. The van der Waals surface area contributed by atoms with Gasteiger partial charge in [0.15, 0.2) is 5.71 Å². The molecule has 2 aromatic rings. The van der Waals surface area contributed by atoms with Gasteiger partial charge in [-0.25, -0.2) is 0 Å². The molecule has 1 aliphatic rings. The molecular formula is C19H19ClN+. The van der Waals surface area contributed by atoms with Crippen LogP contribution in [0.25, 0.3) is 6.08 Å². The summed E-state index contributed by atoms with van der Waals surface area (Å²) in [6, 6.07) is 16.5. The number of hydrogen-bond acceptors (Lipinski definition) is 0. The Bertz CT molecular complexity index is 754. The van der Waals surface area contributed by atoms with Crippen LogP contribution >= 0.6 is 11.6 Å². The lowest BCUT2D eigenvalue weighted by Gasteiger charge is -2.15. The van der Waals surface area contributed by atoms with Gasteiger partial charge in [0, 0.05) is 22.7 Å². The van der Waals surface area contributed by atoms with E-state index in [-0.39, 0.29) is 5.41 Å². The maximum absolute atomic E-state index is 6.23. The second-order valence-corrected chi connectivity index (χ2v) is 6.35. The summed E-state index contributed by atoms with van der Waals surface area (Å²) in [5, 5.41) is 0.783. The lowest BCUT2D eigenvalue weighted by atomic mass is 9.81. The van der Waals surface area contributed by atoms with Gasteiger partial charge in [0.1, 0.15) is 7.05 Å². The van der Waals surface area contributed by atoms with E-state index < -0.39 is 0 Å². The first-order valence-electron chi connectivity index (χ1n) is 7.15. The summed E-state index contributed by atoms with van der Waals surface area (Å²) >= 11 is 6.23. The first-order valence-corrected chi connectivity index (χ1v) is 7.53. The van der Waals surface area contributed by atoms with Crippen LogP contribution in [0.4, 0.5) is 5.69 Å². The minimum absolute atomic E-state index is 0.00308. The van der Waals surface area contributed by atoms with Gasteiger partial charge in [-0.2, -0.15) is 4.58 Å². The number of fused-ring (bicyclic) bond motifs is 1. The van der Waals surface area contributed by atoms with Crippen molar-refractivity contribution in [3.8, 4) is 0 Å². The van der Waals surface area contributed by atoms with Crippen molar-refractivity contribution in [3.63, 3.8) is 0 Å². The molecule has 0 spiro atoms. The Hall–Kier alpha value is -1.86. The number of halogens is 1. The van der Waals surface area contributed by atoms with Crippen molar-refractivity contribution in [3.05, 3.63) is 70.8 Å². The third-order valence-electron chi connectivity index (χ3n) is 4.27. The van der Waals surface area contributed by atoms with Crippen LogP contribution in [-0.4, -0.2) is 17.3 Å². The molecule has 0 saturated heterocycles. The second-order valence-electron chi connectivity index (χ2n) is 5.94. The molecular weight excluding hydrogens is 278 g/mol. The average Bonchev–Trinajstić information content (AvgIpc) is 2.67. The van der Waals surface area contributed by atoms with Gasteiger partial charge < -0.3 is 0 Å². The Morgan fingerprint density at radius 3 is 2.33 bits per heavy atom. The van der Waals surface area contributed by atoms with E-state index in [2.05, 4.69) is 61.9 Å². The third kappa shape index (κ3) is 2.32. The summed E-state index contributed by atoms with van der Waals surface area (Å²) < 4.78 is 2.27. The van der Waals surface area contributed by atoms with Crippen LogP contribution in [0.15, 0.2) is 54.6 Å². The predicted octanol–water partition coefficient (Wildman–Crippen LogP) is 5.06. The highest BCUT2D eigenvalue weighted by molar-refractivity contribution is 6.32. The lowest BCUT2D eigenvalue weighted by Crippen LogP contribution is -2.26. The van der Waals surface area contributed by atoms with Crippen molar-refractivity contribution in [2.24, 2.45) is 0 Å². The second kappa shape index (κ2) is 5.16. The molecule has 2 aromatic carbocycles. The Morgan fingerprint density at radius 2 is 1.62 bits per heavy atom. The average molecular weight is 297 g/mol. The first kappa shape index (κ1) is 14.1. The fraction of sp³-hybridized carbons (Fsp3) is 0.211. The number of hydrogen-bond donors (Lipinski definition) is 0. The highest BCUT2D eigenvalue weighted by atomic mass is 35.5. The molecule has 3 rings (SSSR count). The molecule has 0 bridgehead atoms. The highest BCUT2D eigenvalue weighted by Crippen LogP contribution is 2.39. The highest BCUT2D eigenvalue weighted by Gasteiger charge is 2.42. The van der Waals surface area contributed by atoms with Crippen molar-refractivity contribution in [1.29, 1.82) is 0 Å². The van der Waals surface area contributed by atoms with Crippen molar-refractivity contribution in [2.75, 3.05) is 7.05 Å². The van der Waals surface area contributed by atoms with Crippen LogP contribution in [0.1, 0.15) is 25.0 Å². The van der Waals surface area contributed by atoms with Crippen LogP contribution in [0, 0.1) is 0 Å². The van der Waals surface area contributed by atoms with E-state index in [9.17, 15) is 0 Å². The molecule has 1 heterocycles. The number of nitrogens with zero attached hydrogens (tertiary/aromatic N) is 1. The zero-order valence-corrected chi connectivity index (χ0v) is 13.4. The zero-order chi connectivity index (χ0) is 15.0. The number of para-hydroxylation sites is 1. The van der Waals surface area contributed by atoms with E-state index in [4.69, 9.17) is 11.6 Å². The molecule has 1 aliphatic heterocycles. The quantitative estimate of drug-likeness (QED) is 0.682. The van der Waals surface area contributed by atoms with Gasteiger partial charge in [0.05, 0.1) is 5.41 Å². The summed E-state index contributed by atoms with van der Waals surface area (Å²) in [4.78, 5) is 0. The van der Waals surface area contributed by atoms with Crippen molar-refractivity contribution >= 4 is 29.1 Å². The standard InChI is InChI=1S/C19H19ClN/c1-19(2)15-9-5-7-11-17(15)21(3)18(19)13-12-14-8-4-6-10-16(14)20/h4-13H,1-3H3/q+1/b13-12+. The topological polar surface area (TPSA) is 3.01 Å². The van der Waals surface area contributed by atoms with E-state index in [1.165, 1.54) is 17.0 Å². The Morgan fingerprint density at radius 1 is 0.952 bits per heavy atom. The van der Waals surface area contributed by atoms with E-state index in [0.717, 1.165) is 10.6 Å². The molecule has 0 unspecified atom stereocenters. The van der Waals surface area contributed by atoms with Crippen LogP contribution in [0.5, 0.6) is 0 Å². The zero-order valence-electron chi connectivity index (χ0n) is 12.6. The van der Waals surface area contributed by atoms with Crippen molar-refractivity contribution < 1.29 is 4.58 Å². The normalized spacial score (nSPS) is 16.6. The summed E-state index contributed by atoms with van der Waals surface area (Å²) in [6.07, 6.45) is 4.28. The summed E-state index contributed by atoms with van der Waals surface area (Å²) in [5.74, 6) is 0. The van der Waals surface area contributed by atoms with Crippen LogP contribution in [0.2, 0.25) is 5.02 Å². The molecule has 0 N–H and O–H groups in total. The van der Waals surface area contributed by atoms with E-state index in [0.29, 0.717) is 0 Å².